The number of rotatable bonds is 2. The summed E-state index contributed by atoms with van der Waals surface area (Å²) >= 11 is 0. The topological polar surface area (TPSA) is 42.2 Å². The second-order valence-electron chi connectivity index (χ2n) is 5.18. The molecule has 3 rings (SSSR count). The molecule has 1 aromatic heterocycles. The zero-order chi connectivity index (χ0) is 13.2. The molecule has 19 heavy (non-hydrogen) atoms. The van der Waals surface area contributed by atoms with Crippen LogP contribution in [0.1, 0.15) is 30.0 Å². The lowest BCUT2D eigenvalue weighted by Crippen LogP contribution is -2.22. The summed E-state index contributed by atoms with van der Waals surface area (Å²) in [6.45, 7) is 3.16. The van der Waals surface area contributed by atoms with E-state index in [2.05, 4.69) is 35.0 Å². The van der Waals surface area contributed by atoms with Crippen LogP contribution in [0.4, 0.5) is 11.4 Å². The number of aromatic nitrogens is 1. The fraction of sp³-hybridized carbons (Fsp3) is 0.312. The van der Waals surface area contributed by atoms with Crippen molar-refractivity contribution in [1.29, 1.82) is 0 Å². The molecule has 1 aliphatic rings. The Morgan fingerprint density at radius 2 is 2.21 bits per heavy atom. The normalized spacial score (nSPS) is 18.8. The number of benzene rings is 1. The zero-order valence-electron chi connectivity index (χ0n) is 11.2. The first-order valence-electron chi connectivity index (χ1n) is 6.78. The monoisotopic (exact) mass is 253 g/mol. The molecule has 1 aliphatic heterocycles. The number of nitrogens with two attached hydrogens (primary N) is 1. The molecule has 0 saturated carbocycles. The van der Waals surface area contributed by atoms with Crippen LogP contribution in [-0.2, 0) is 0 Å². The summed E-state index contributed by atoms with van der Waals surface area (Å²) in [6, 6.07) is 10.9. The third-order valence-electron chi connectivity index (χ3n) is 3.91. The van der Waals surface area contributed by atoms with E-state index >= 15 is 0 Å². The van der Waals surface area contributed by atoms with Gasteiger partial charge in [-0.05, 0) is 55.2 Å². The third kappa shape index (κ3) is 2.28. The second kappa shape index (κ2) is 4.92. The SMILES string of the molecule is Cc1cc(N2CCCC2c2cccnc2)ccc1N. The quantitative estimate of drug-likeness (QED) is 0.835. The summed E-state index contributed by atoms with van der Waals surface area (Å²) in [5.41, 5.74) is 10.5. The largest absolute Gasteiger partial charge is 0.399 e. The highest BCUT2D eigenvalue weighted by Crippen LogP contribution is 2.36. The van der Waals surface area contributed by atoms with Gasteiger partial charge in [-0.15, -0.1) is 0 Å². The van der Waals surface area contributed by atoms with Gasteiger partial charge in [0.1, 0.15) is 0 Å². The molecule has 0 spiro atoms. The lowest BCUT2D eigenvalue weighted by molar-refractivity contribution is 0.715. The molecular weight excluding hydrogens is 234 g/mol. The molecule has 0 aliphatic carbocycles. The van der Waals surface area contributed by atoms with Crippen molar-refractivity contribution in [1.82, 2.24) is 4.98 Å². The molecule has 2 heterocycles. The van der Waals surface area contributed by atoms with Crippen molar-refractivity contribution < 1.29 is 0 Å². The summed E-state index contributed by atoms with van der Waals surface area (Å²) in [6.07, 6.45) is 6.22. The summed E-state index contributed by atoms with van der Waals surface area (Å²) in [5.74, 6) is 0. The molecule has 1 aromatic carbocycles. The molecular formula is C16H19N3. The van der Waals surface area contributed by atoms with Gasteiger partial charge in [-0.2, -0.15) is 0 Å². The van der Waals surface area contributed by atoms with Gasteiger partial charge < -0.3 is 10.6 Å². The minimum absolute atomic E-state index is 0.441. The first-order valence-corrected chi connectivity index (χ1v) is 6.78. The van der Waals surface area contributed by atoms with Crippen LogP contribution in [0, 0.1) is 6.92 Å². The molecule has 98 valence electrons. The van der Waals surface area contributed by atoms with E-state index < -0.39 is 0 Å². The highest BCUT2D eigenvalue weighted by atomic mass is 15.2. The predicted octanol–water partition coefficient (Wildman–Crippen LogP) is 3.31. The van der Waals surface area contributed by atoms with Crippen LogP contribution < -0.4 is 10.6 Å². The number of nitrogen functional groups attached to an aromatic ring is 1. The first kappa shape index (κ1) is 12.0. The molecule has 0 bridgehead atoms. The Morgan fingerprint density at radius 3 is 2.95 bits per heavy atom. The smallest absolute Gasteiger partial charge is 0.0558 e. The lowest BCUT2D eigenvalue weighted by atomic mass is 10.1. The van der Waals surface area contributed by atoms with E-state index in [9.17, 15) is 0 Å². The standard InChI is InChI=1S/C16H19N3/c1-12-10-14(6-7-15(12)17)19-9-3-5-16(19)13-4-2-8-18-11-13/h2,4,6-8,10-11,16H,3,5,9,17H2,1H3. The first-order chi connectivity index (χ1) is 9.25. The third-order valence-corrected chi connectivity index (χ3v) is 3.91. The Hall–Kier alpha value is -2.03. The van der Waals surface area contributed by atoms with Crippen LogP contribution in [0.3, 0.4) is 0 Å². The Morgan fingerprint density at radius 1 is 1.32 bits per heavy atom. The van der Waals surface area contributed by atoms with Gasteiger partial charge in [0.25, 0.3) is 0 Å². The van der Waals surface area contributed by atoms with Crippen LogP contribution in [0.5, 0.6) is 0 Å². The fourth-order valence-corrected chi connectivity index (χ4v) is 2.83. The van der Waals surface area contributed by atoms with E-state index in [1.807, 2.05) is 24.5 Å². The van der Waals surface area contributed by atoms with Crippen molar-refractivity contribution in [2.45, 2.75) is 25.8 Å². The average Bonchev–Trinajstić information content (AvgIpc) is 2.92. The van der Waals surface area contributed by atoms with E-state index in [-0.39, 0.29) is 0 Å². The van der Waals surface area contributed by atoms with Crippen LogP contribution in [0.15, 0.2) is 42.7 Å². The summed E-state index contributed by atoms with van der Waals surface area (Å²) in [4.78, 5) is 6.70. The number of pyridine rings is 1. The van der Waals surface area contributed by atoms with E-state index in [1.54, 1.807) is 0 Å². The number of hydrogen-bond donors (Lipinski definition) is 1. The lowest BCUT2D eigenvalue weighted by Gasteiger charge is -2.27. The van der Waals surface area contributed by atoms with E-state index in [0.29, 0.717) is 6.04 Å². The van der Waals surface area contributed by atoms with Crippen molar-refractivity contribution in [3.8, 4) is 0 Å². The summed E-state index contributed by atoms with van der Waals surface area (Å²) < 4.78 is 0. The maximum absolute atomic E-state index is 5.90. The number of nitrogens with zero attached hydrogens (tertiary/aromatic N) is 2. The van der Waals surface area contributed by atoms with Crippen LogP contribution in [-0.4, -0.2) is 11.5 Å². The van der Waals surface area contributed by atoms with Crippen molar-refractivity contribution in [3.05, 3.63) is 53.9 Å². The van der Waals surface area contributed by atoms with Gasteiger partial charge in [0.05, 0.1) is 6.04 Å². The van der Waals surface area contributed by atoms with Gasteiger partial charge in [-0.25, -0.2) is 0 Å². The molecule has 2 N–H and O–H groups in total. The molecule has 1 unspecified atom stereocenters. The van der Waals surface area contributed by atoms with Gasteiger partial charge >= 0.3 is 0 Å². The van der Waals surface area contributed by atoms with Gasteiger partial charge in [0.15, 0.2) is 0 Å². The average molecular weight is 253 g/mol. The number of aryl methyl sites for hydroxylation is 1. The van der Waals surface area contributed by atoms with Gasteiger partial charge in [-0.3, -0.25) is 4.98 Å². The molecule has 1 atom stereocenters. The maximum atomic E-state index is 5.90. The second-order valence-corrected chi connectivity index (χ2v) is 5.18. The van der Waals surface area contributed by atoms with E-state index in [4.69, 9.17) is 5.73 Å². The Balaban J connectivity index is 1.93. The van der Waals surface area contributed by atoms with Gasteiger partial charge in [-0.1, -0.05) is 6.07 Å². The predicted molar refractivity (Wildman–Crippen MR) is 79.1 cm³/mol. The van der Waals surface area contributed by atoms with Crippen LogP contribution in [0.25, 0.3) is 0 Å². The Bertz CT molecular complexity index is 565. The van der Waals surface area contributed by atoms with Crippen molar-refractivity contribution in [3.63, 3.8) is 0 Å². The molecule has 3 nitrogen and oxygen atoms in total. The molecule has 1 fully saturated rings. The Kier molecular flexibility index (Phi) is 3.11. The minimum Gasteiger partial charge on any atom is -0.399 e. The molecule has 0 radical (unpaired) electrons. The molecule has 3 heteroatoms. The van der Waals surface area contributed by atoms with Gasteiger partial charge in [0.2, 0.25) is 0 Å². The molecule has 2 aromatic rings. The van der Waals surface area contributed by atoms with E-state index in [1.165, 1.54) is 24.1 Å². The minimum atomic E-state index is 0.441. The fourth-order valence-electron chi connectivity index (χ4n) is 2.83. The maximum Gasteiger partial charge on any atom is 0.0558 e. The summed E-state index contributed by atoms with van der Waals surface area (Å²) in [7, 11) is 0. The van der Waals surface area contributed by atoms with Gasteiger partial charge in [0, 0.05) is 30.3 Å². The van der Waals surface area contributed by atoms with Crippen molar-refractivity contribution in [2.24, 2.45) is 0 Å². The van der Waals surface area contributed by atoms with Crippen molar-refractivity contribution >= 4 is 11.4 Å². The number of hydrogen-bond acceptors (Lipinski definition) is 3. The van der Waals surface area contributed by atoms with E-state index in [0.717, 1.165) is 17.8 Å². The zero-order valence-corrected chi connectivity index (χ0v) is 11.2. The molecule has 0 amide bonds. The van der Waals surface area contributed by atoms with Crippen molar-refractivity contribution in [2.75, 3.05) is 17.2 Å². The Labute approximate surface area is 114 Å². The summed E-state index contributed by atoms with van der Waals surface area (Å²) in [5, 5.41) is 0. The van der Waals surface area contributed by atoms with Crippen LogP contribution >= 0.6 is 0 Å². The number of anilines is 2. The molecule has 1 saturated heterocycles. The highest BCUT2D eigenvalue weighted by Gasteiger charge is 2.26. The highest BCUT2D eigenvalue weighted by molar-refractivity contribution is 5.59. The van der Waals surface area contributed by atoms with Crippen LogP contribution in [0.2, 0.25) is 0 Å².